The summed E-state index contributed by atoms with van der Waals surface area (Å²) in [6.07, 6.45) is 5.63. The van der Waals surface area contributed by atoms with Gasteiger partial charge in [-0.15, -0.1) is 0 Å². The van der Waals surface area contributed by atoms with Crippen molar-refractivity contribution in [1.29, 1.82) is 0 Å². The first kappa shape index (κ1) is 12.0. The molecule has 0 bridgehead atoms. The van der Waals surface area contributed by atoms with Gasteiger partial charge in [0.05, 0.1) is 0 Å². The van der Waals surface area contributed by atoms with Crippen LogP contribution in [0.1, 0.15) is 20.3 Å². The summed E-state index contributed by atoms with van der Waals surface area (Å²) in [6, 6.07) is 0. The van der Waals surface area contributed by atoms with Gasteiger partial charge in [-0.1, -0.05) is 0 Å². The molecule has 0 radical (unpaired) electrons. The number of ether oxygens (including phenoxy) is 1. The molecule has 1 atom stereocenters. The number of hydrogen-bond acceptors (Lipinski definition) is 1. The van der Waals surface area contributed by atoms with Crippen molar-refractivity contribution < 1.29 is 25.9 Å². The summed E-state index contributed by atoms with van der Waals surface area (Å²) in [6.45, 7) is 8.66. The predicted molar refractivity (Wildman–Crippen MR) is 56.6 cm³/mol. The molecule has 1 aliphatic carbocycles. The molecule has 2 heteroatoms. The van der Waals surface area contributed by atoms with Crippen LogP contribution in [0.5, 0.6) is 0 Å². The van der Waals surface area contributed by atoms with Crippen LogP contribution in [-0.4, -0.2) is 11.7 Å². The van der Waals surface area contributed by atoms with E-state index in [1.807, 2.05) is 0 Å². The molecule has 1 rings (SSSR count). The van der Waals surface area contributed by atoms with Gasteiger partial charge < -0.3 is 0 Å². The summed E-state index contributed by atoms with van der Waals surface area (Å²) in [5.74, 6) is 0.643. The van der Waals surface area contributed by atoms with Crippen molar-refractivity contribution in [2.75, 3.05) is 11.7 Å². The Hall–Kier alpha value is -0.0900. The molecule has 0 aromatic rings. The molecule has 1 nitrogen and oxygen atoms in total. The Morgan fingerprint density at radius 2 is 2.43 bits per heavy atom. The van der Waals surface area contributed by atoms with E-state index in [9.17, 15) is 0 Å². The van der Waals surface area contributed by atoms with Crippen molar-refractivity contribution in [3.05, 3.63) is 33.5 Å². The average Bonchev–Trinajstić information content (AvgIpc) is 2.14. The van der Waals surface area contributed by atoms with Crippen LogP contribution in [0.4, 0.5) is 0 Å². The van der Waals surface area contributed by atoms with Crippen LogP contribution in [0.15, 0.2) is 33.5 Å². The zero-order chi connectivity index (χ0) is 10.6. The second-order valence-corrected chi connectivity index (χ2v) is 6.26. The molecular formula is C12H18IO-. The predicted octanol–water partition coefficient (Wildman–Crippen LogP) is 0.105. The Balaban J connectivity index is 2.73. The Morgan fingerprint density at radius 1 is 1.71 bits per heavy atom. The van der Waals surface area contributed by atoms with Crippen molar-refractivity contribution in [2.24, 2.45) is 5.92 Å². The molecule has 80 valence electrons. The van der Waals surface area contributed by atoms with Gasteiger partial charge in [0.1, 0.15) is 0 Å². The Kier molecular flexibility index (Phi) is 4.89. The van der Waals surface area contributed by atoms with Gasteiger partial charge >= 0.3 is 97.3 Å². The van der Waals surface area contributed by atoms with E-state index in [0.29, 0.717) is 5.92 Å². The van der Waals surface area contributed by atoms with E-state index in [1.54, 1.807) is 7.11 Å². The molecule has 0 aliphatic heterocycles. The van der Waals surface area contributed by atoms with Crippen molar-refractivity contribution in [2.45, 2.75) is 20.3 Å². The topological polar surface area (TPSA) is 9.23 Å². The Bertz CT molecular complexity index is 276. The van der Waals surface area contributed by atoms with E-state index in [1.165, 1.54) is 14.7 Å². The van der Waals surface area contributed by atoms with Gasteiger partial charge in [0, 0.05) is 0 Å². The number of hydrogen-bond donors (Lipinski definition) is 0. The van der Waals surface area contributed by atoms with Crippen LogP contribution in [-0.2, 0) is 4.74 Å². The molecule has 0 saturated carbocycles. The first-order valence-corrected chi connectivity index (χ1v) is 7.42. The van der Waals surface area contributed by atoms with Gasteiger partial charge in [0.25, 0.3) is 0 Å². The van der Waals surface area contributed by atoms with Crippen LogP contribution >= 0.6 is 0 Å². The zero-order valence-corrected chi connectivity index (χ0v) is 11.3. The third-order valence-corrected chi connectivity index (χ3v) is 4.83. The number of alkyl halides is 1. The zero-order valence-electron chi connectivity index (χ0n) is 9.14. The van der Waals surface area contributed by atoms with Gasteiger partial charge in [0.2, 0.25) is 0 Å². The molecular weight excluding hydrogens is 287 g/mol. The molecule has 0 fully saturated rings. The molecule has 1 aliphatic rings. The van der Waals surface area contributed by atoms with Gasteiger partial charge in [-0.25, -0.2) is 0 Å². The molecule has 1 unspecified atom stereocenters. The van der Waals surface area contributed by atoms with Crippen LogP contribution in [0.3, 0.4) is 0 Å². The monoisotopic (exact) mass is 305 g/mol. The van der Waals surface area contributed by atoms with Crippen molar-refractivity contribution in [3.63, 3.8) is 0 Å². The number of allylic oxidation sites excluding steroid dienone is 5. The minimum absolute atomic E-state index is 0.0260. The van der Waals surface area contributed by atoms with E-state index < -0.39 is 0 Å². The van der Waals surface area contributed by atoms with Gasteiger partial charge in [-0.3, -0.25) is 0 Å². The summed E-state index contributed by atoms with van der Waals surface area (Å²) in [4.78, 5) is 0. The molecule has 0 N–H and O–H groups in total. The second-order valence-electron chi connectivity index (χ2n) is 3.57. The number of methoxy groups -OCH3 is 1. The number of halogens is 1. The van der Waals surface area contributed by atoms with Gasteiger partial charge in [-0.2, -0.15) is 0 Å². The standard InChI is InChI=1S/C12H18IO/c1-9-6-5-7-10(2)12(9)11(3)13-8-14-4/h5-6,10H,3,7-8H2,1-2,4H3/q-1. The van der Waals surface area contributed by atoms with E-state index in [0.717, 1.165) is 11.0 Å². The van der Waals surface area contributed by atoms with Crippen LogP contribution < -0.4 is 21.2 Å². The fourth-order valence-electron chi connectivity index (χ4n) is 1.72. The third-order valence-electron chi connectivity index (χ3n) is 2.39. The first-order valence-electron chi connectivity index (χ1n) is 4.81. The maximum atomic E-state index is 5.12. The summed E-state index contributed by atoms with van der Waals surface area (Å²) < 4.78 is 7.35. The van der Waals surface area contributed by atoms with Gasteiger partial charge in [0.15, 0.2) is 0 Å². The van der Waals surface area contributed by atoms with Crippen molar-refractivity contribution in [3.8, 4) is 0 Å². The Morgan fingerprint density at radius 3 is 3.00 bits per heavy atom. The fourth-order valence-corrected chi connectivity index (χ4v) is 3.77. The van der Waals surface area contributed by atoms with Crippen molar-refractivity contribution >= 4 is 0 Å². The van der Waals surface area contributed by atoms with E-state index >= 15 is 0 Å². The molecule has 0 aromatic carbocycles. The summed E-state index contributed by atoms with van der Waals surface area (Å²) in [7, 11) is 1.76. The summed E-state index contributed by atoms with van der Waals surface area (Å²) in [5, 5.41) is 0. The quantitative estimate of drug-likeness (QED) is 0.529. The normalized spacial score (nSPS) is 21.8. The minimum atomic E-state index is -0.0260. The number of rotatable bonds is 4. The molecule has 0 saturated heterocycles. The molecule has 0 amide bonds. The van der Waals surface area contributed by atoms with E-state index in [2.05, 4.69) is 32.6 Å². The molecule has 0 heterocycles. The van der Waals surface area contributed by atoms with Crippen LogP contribution in [0.25, 0.3) is 0 Å². The summed E-state index contributed by atoms with van der Waals surface area (Å²) >= 11 is -0.0260. The van der Waals surface area contributed by atoms with E-state index in [-0.39, 0.29) is 21.2 Å². The molecule has 0 aromatic heterocycles. The fraction of sp³-hybridized carbons (Fsp3) is 0.500. The third kappa shape index (κ3) is 2.95. The second kappa shape index (κ2) is 5.71. The van der Waals surface area contributed by atoms with Crippen molar-refractivity contribution in [1.82, 2.24) is 0 Å². The SMILES string of the molecule is C=C([I-]COC)C1=C(C)C=CCC1C. The average molecular weight is 305 g/mol. The molecule has 14 heavy (non-hydrogen) atoms. The first-order chi connectivity index (χ1) is 6.66. The maximum absolute atomic E-state index is 5.12. The summed E-state index contributed by atoms with van der Waals surface area (Å²) in [5.41, 5.74) is 2.88. The van der Waals surface area contributed by atoms with Crippen LogP contribution in [0.2, 0.25) is 0 Å². The Labute approximate surface area is 97.2 Å². The molecule has 0 spiro atoms. The van der Waals surface area contributed by atoms with Crippen LogP contribution in [0, 0.1) is 5.92 Å². The van der Waals surface area contributed by atoms with Gasteiger partial charge in [-0.05, 0) is 0 Å². The van der Waals surface area contributed by atoms with E-state index in [4.69, 9.17) is 4.74 Å².